The molecule has 2 nitrogen and oxygen atoms in total. The molecule has 0 aliphatic heterocycles. The van der Waals surface area contributed by atoms with Crippen LogP contribution in [0, 0.1) is 5.92 Å². The molecule has 0 amide bonds. The second-order valence-corrected chi connectivity index (χ2v) is 4.22. The number of nitrogens with one attached hydrogen (secondary N) is 1. The zero-order valence-electron chi connectivity index (χ0n) is 8.31. The van der Waals surface area contributed by atoms with Gasteiger partial charge in [-0.3, -0.25) is 4.79 Å². The zero-order chi connectivity index (χ0) is 9.19. The first-order valence-corrected chi connectivity index (χ1v) is 4.81. The van der Waals surface area contributed by atoms with Crippen LogP contribution < -0.4 is 5.32 Å². The highest BCUT2D eigenvalue weighted by Crippen LogP contribution is 2.28. The number of hydrogen-bond acceptors (Lipinski definition) is 2. The summed E-state index contributed by atoms with van der Waals surface area (Å²) in [4.78, 5) is 11.8. The highest BCUT2D eigenvalue weighted by molar-refractivity contribution is 5.89. The molecule has 0 radical (unpaired) electrons. The molecule has 1 saturated carbocycles. The summed E-state index contributed by atoms with van der Waals surface area (Å²) in [6, 6.07) is 0. The van der Waals surface area contributed by atoms with Gasteiger partial charge in [0.25, 0.3) is 0 Å². The molecule has 2 heteroatoms. The summed E-state index contributed by atoms with van der Waals surface area (Å²) < 4.78 is 0. The average molecular weight is 169 g/mol. The Labute approximate surface area is 74.7 Å². The van der Waals surface area contributed by atoms with E-state index in [9.17, 15) is 4.79 Å². The molecule has 0 heterocycles. The fourth-order valence-corrected chi connectivity index (χ4v) is 1.82. The van der Waals surface area contributed by atoms with Crippen LogP contribution in [0.5, 0.6) is 0 Å². The van der Waals surface area contributed by atoms with Crippen molar-refractivity contribution in [1.82, 2.24) is 5.32 Å². The van der Waals surface area contributed by atoms with Gasteiger partial charge in [-0.15, -0.1) is 0 Å². The van der Waals surface area contributed by atoms with Crippen LogP contribution in [0.4, 0.5) is 0 Å². The normalized spacial score (nSPS) is 19.9. The highest BCUT2D eigenvalue weighted by atomic mass is 16.1. The molecule has 1 fully saturated rings. The van der Waals surface area contributed by atoms with Crippen LogP contribution in [0.25, 0.3) is 0 Å². The Morgan fingerprint density at radius 3 is 2.25 bits per heavy atom. The van der Waals surface area contributed by atoms with Crippen molar-refractivity contribution in [2.24, 2.45) is 5.92 Å². The Kier molecular flexibility index (Phi) is 2.89. The number of Topliss-reactive ketones (excluding diaryl/α,β-unsaturated/α-hetero) is 1. The van der Waals surface area contributed by atoms with Gasteiger partial charge in [-0.05, 0) is 33.7 Å². The molecule has 0 atom stereocenters. The van der Waals surface area contributed by atoms with Crippen molar-refractivity contribution in [3.8, 4) is 0 Å². The molecule has 0 saturated heterocycles. The van der Waals surface area contributed by atoms with Gasteiger partial charge in [0.1, 0.15) is 0 Å². The van der Waals surface area contributed by atoms with Crippen molar-refractivity contribution in [2.45, 2.75) is 45.1 Å². The van der Waals surface area contributed by atoms with Crippen molar-refractivity contribution < 1.29 is 4.79 Å². The van der Waals surface area contributed by atoms with Crippen LogP contribution in [0.3, 0.4) is 0 Å². The van der Waals surface area contributed by atoms with E-state index in [2.05, 4.69) is 5.32 Å². The van der Waals surface area contributed by atoms with Gasteiger partial charge in [0.05, 0.1) is 5.54 Å². The van der Waals surface area contributed by atoms with Gasteiger partial charge >= 0.3 is 0 Å². The second kappa shape index (κ2) is 3.56. The Morgan fingerprint density at radius 2 is 1.83 bits per heavy atom. The van der Waals surface area contributed by atoms with Gasteiger partial charge in [0.2, 0.25) is 0 Å². The van der Waals surface area contributed by atoms with Crippen molar-refractivity contribution >= 4 is 5.78 Å². The van der Waals surface area contributed by atoms with E-state index in [1.807, 2.05) is 20.9 Å². The molecule has 0 bridgehead atoms. The van der Waals surface area contributed by atoms with Gasteiger partial charge < -0.3 is 5.32 Å². The molecule has 1 aliphatic carbocycles. The summed E-state index contributed by atoms with van der Waals surface area (Å²) in [6.07, 6.45) is 4.67. The lowest BCUT2D eigenvalue weighted by atomic mass is 9.88. The fourth-order valence-electron chi connectivity index (χ4n) is 1.82. The van der Waals surface area contributed by atoms with Crippen molar-refractivity contribution in [1.29, 1.82) is 0 Å². The minimum atomic E-state index is -0.324. The number of hydrogen-bond donors (Lipinski definition) is 1. The Balaban J connectivity index is 2.56. The van der Waals surface area contributed by atoms with Crippen molar-refractivity contribution in [3.05, 3.63) is 0 Å². The monoisotopic (exact) mass is 169 g/mol. The number of rotatable bonds is 3. The standard InChI is InChI=1S/C10H19NO/c1-10(2,11-3)9(12)8-6-4-5-7-8/h8,11H,4-7H2,1-3H3. The summed E-state index contributed by atoms with van der Waals surface area (Å²) in [5.74, 6) is 0.718. The molecule has 1 aliphatic rings. The van der Waals surface area contributed by atoms with E-state index in [0.29, 0.717) is 11.7 Å². The Hall–Kier alpha value is -0.370. The van der Waals surface area contributed by atoms with E-state index < -0.39 is 0 Å². The predicted molar refractivity (Wildman–Crippen MR) is 50.1 cm³/mol. The molecular formula is C10H19NO. The largest absolute Gasteiger partial charge is 0.308 e. The topological polar surface area (TPSA) is 29.1 Å². The fraction of sp³-hybridized carbons (Fsp3) is 0.900. The first-order chi connectivity index (χ1) is 5.58. The quantitative estimate of drug-likeness (QED) is 0.697. The van der Waals surface area contributed by atoms with Gasteiger partial charge in [0, 0.05) is 5.92 Å². The van der Waals surface area contributed by atoms with Crippen molar-refractivity contribution in [2.75, 3.05) is 7.05 Å². The first kappa shape index (κ1) is 9.72. The van der Waals surface area contributed by atoms with Crippen LogP contribution in [0.1, 0.15) is 39.5 Å². The maximum Gasteiger partial charge on any atom is 0.155 e. The Morgan fingerprint density at radius 1 is 1.33 bits per heavy atom. The summed E-state index contributed by atoms with van der Waals surface area (Å²) in [7, 11) is 1.85. The SMILES string of the molecule is CNC(C)(C)C(=O)C1CCCC1. The smallest absolute Gasteiger partial charge is 0.155 e. The average Bonchev–Trinajstić information content (AvgIpc) is 2.55. The predicted octanol–water partition coefficient (Wildman–Crippen LogP) is 1.74. The molecule has 0 spiro atoms. The van der Waals surface area contributed by atoms with E-state index in [-0.39, 0.29) is 5.54 Å². The molecule has 0 aromatic carbocycles. The molecule has 0 unspecified atom stereocenters. The molecule has 0 aromatic heterocycles. The van der Waals surface area contributed by atoms with Gasteiger partial charge in [-0.25, -0.2) is 0 Å². The lowest BCUT2D eigenvalue weighted by Gasteiger charge is -2.25. The molecule has 12 heavy (non-hydrogen) atoms. The lowest BCUT2D eigenvalue weighted by Crippen LogP contribution is -2.47. The van der Waals surface area contributed by atoms with Crippen LogP contribution in [0.2, 0.25) is 0 Å². The van der Waals surface area contributed by atoms with Gasteiger partial charge in [-0.1, -0.05) is 12.8 Å². The zero-order valence-corrected chi connectivity index (χ0v) is 8.31. The van der Waals surface area contributed by atoms with E-state index in [0.717, 1.165) is 12.8 Å². The van der Waals surface area contributed by atoms with Crippen LogP contribution in [0.15, 0.2) is 0 Å². The van der Waals surface area contributed by atoms with Crippen molar-refractivity contribution in [3.63, 3.8) is 0 Å². The minimum absolute atomic E-state index is 0.324. The van der Waals surface area contributed by atoms with E-state index in [1.54, 1.807) is 0 Å². The second-order valence-electron chi connectivity index (χ2n) is 4.22. The lowest BCUT2D eigenvalue weighted by molar-refractivity contribution is -0.127. The Bertz CT molecular complexity index is 169. The van der Waals surface area contributed by atoms with Crippen LogP contribution >= 0.6 is 0 Å². The molecule has 0 aromatic rings. The minimum Gasteiger partial charge on any atom is -0.308 e. The summed E-state index contributed by atoms with van der Waals surface area (Å²) in [5, 5.41) is 3.07. The van der Waals surface area contributed by atoms with E-state index >= 15 is 0 Å². The van der Waals surface area contributed by atoms with Gasteiger partial charge in [0.15, 0.2) is 5.78 Å². The van der Waals surface area contributed by atoms with E-state index in [4.69, 9.17) is 0 Å². The third-order valence-corrected chi connectivity index (χ3v) is 2.97. The summed E-state index contributed by atoms with van der Waals surface area (Å²) >= 11 is 0. The number of likely N-dealkylation sites (N-methyl/N-ethyl adjacent to an activating group) is 1. The highest BCUT2D eigenvalue weighted by Gasteiger charge is 2.33. The number of carbonyl (C=O) groups is 1. The van der Waals surface area contributed by atoms with Crippen LogP contribution in [-0.2, 0) is 4.79 Å². The van der Waals surface area contributed by atoms with Crippen LogP contribution in [-0.4, -0.2) is 18.4 Å². The number of ketones is 1. The summed E-state index contributed by atoms with van der Waals surface area (Å²) in [5.41, 5.74) is -0.324. The van der Waals surface area contributed by atoms with Gasteiger partial charge in [-0.2, -0.15) is 0 Å². The third-order valence-electron chi connectivity index (χ3n) is 2.97. The molecule has 70 valence electrons. The molecule has 1 rings (SSSR count). The summed E-state index contributed by atoms with van der Waals surface area (Å²) in [6.45, 7) is 3.93. The maximum absolute atomic E-state index is 11.8. The molecular weight excluding hydrogens is 150 g/mol. The molecule has 1 N–H and O–H groups in total. The number of carbonyl (C=O) groups excluding carboxylic acids is 1. The first-order valence-electron chi connectivity index (χ1n) is 4.81. The maximum atomic E-state index is 11.8. The van der Waals surface area contributed by atoms with E-state index in [1.165, 1.54) is 12.8 Å². The third kappa shape index (κ3) is 1.86.